The van der Waals surface area contributed by atoms with E-state index in [4.69, 9.17) is 10.00 Å². The minimum absolute atomic E-state index is 0.0734. The zero-order chi connectivity index (χ0) is 27.3. The number of benzene rings is 3. The lowest BCUT2D eigenvalue weighted by Crippen LogP contribution is -2.21. The van der Waals surface area contributed by atoms with E-state index < -0.39 is 33.8 Å². The molecule has 3 N–H and O–H groups in total. The average Bonchev–Trinajstić information content (AvgIpc) is 2.91. The van der Waals surface area contributed by atoms with Crippen LogP contribution in [-0.2, 0) is 14.8 Å². The summed E-state index contributed by atoms with van der Waals surface area (Å²) in [4.78, 5) is 24.8. The van der Waals surface area contributed by atoms with Crippen LogP contribution in [0.3, 0.4) is 0 Å². The molecule has 0 aliphatic rings. The third kappa shape index (κ3) is 5.18. The van der Waals surface area contributed by atoms with Crippen molar-refractivity contribution in [1.82, 2.24) is 9.99 Å². The van der Waals surface area contributed by atoms with Crippen LogP contribution < -0.4 is 20.4 Å². The van der Waals surface area contributed by atoms with Gasteiger partial charge >= 0.3 is 0 Å². The molecule has 38 heavy (non-hydrogen) atoms. The Balaban J connectivity index is 1.82. The Morgan fingerprint density at radius 1 is 1.11 bits per heavy atom. The minimum Gasteiger partial charge on any atom is -0.495 e. The van der Waals surface area contributed by atoms with Gasteiger partial charge in [-0.1, -0.05) is 36.4 Å². The van der Waals surface area contributed by atoms with Crippen molar-refractivity contribution in [2.24, 2.45) is 5.10 Å². The number of aromatic hydroxyl groups is 1. The van der Waals surface area contributed by atoms with Crippen LogP contribution in [0, 0.1) is 11.3 Å². The minimum atomic E-state index is -4.11. The molecule has 0 saturated carbocycles. The second-order valence-corrected chi connectivity index (χ2v) is 9.54. The van der Waals surface area contributed by atoms with Gasteiger partial charge in [0, 0.05) is 10.8 Å². The number of hydrogen-bond acceptors (Lipinski definition) is 8. The summed E-state index contributed by atoms with van der Waals surface area (Å²) in [6, 6.07) is 20.1. The van der Waals surface area contributed by atoms with Gasteiger partial charge in [0.15, 0.2) is 0 Å². The first-order chi connectivity index (χ1) is 18.3. The van der Waals surface area contributed by atoms with E-state index in [0.29, 0.717) is 11.1 Å². The van der Waals surface area contributed by atoms with E-state index in [1.807, 2.05) is 0 Å². The van der Waals surface area contributed by atoms with Gasteiger partial charge in [-0.15, -0.1) is 0 Å². The number of nitrogens with one attached hydrogen (secondary N) is 2. The highest BCUT2D eigenvalue weighted by molar-refractivity contribution is 7.92. The summed E-state index contributed by atoms with van der Waals surface area (Å²) in [7, 11) is -2.70. The SMILES string of the molecule is COc1ccccc1NS(=O)(=O)c1cccc(-n2c(O)c(/C=N\NC(=O)CC#N)c3ccccc3c2=O)c1. The molecule has 192 valence electrons. The first-order valence-corrected chi connectivity index (χ1v) is 12.6. The van der Waals surface area contributed by atoms with Crippen LogP contribution in [0.1, 0.15) is 12.0 Å². The Bertz CT molecular complexity index is 1770. The monoisotopic (exact) mass is 531 g/mol. The lowest BCUT2D eigenvalue weighted by Gasteiger charge is -2.15. The molecular formula is C26H21N5O6S. The predicted octanol–water partition coefficient (Wildman–Crippen LogP) is 2.87. The number of methoxy groups -OCH3 is 1. The number of fused-ring (bicyclic) bond motifs is 1. The van der Waals surface area contributed by atoms with Crippen molar-refractivity contribution in [2.45, 2.75) is 11.3 Å². The molecule has 12 heteroatoms. The van der Waals surface area contributed by atoms with E-state index >= 15 is 0 Å². The van der Waals surface area contributed by atoms with Crippen LogP contribution in [0.4, 0.5) is 5.69 Å². The summed E-state index contributed by atoms with van der Waals surface area (Å²) in [5.74, 6) is -0.859. The number of para-hydroxylation sites is 2. The quantitative estimate of drug-likeness (QED) is 0.232. The summed E-state index contributed by atoms with van der Waals surface area (Å²) >= 11 is 0. The Morgan fingerprint density at radius 3 is 2.55 bits per heavy atom. The van der Waals surface area contributed by atoms with Gasteiger partial charge in [-0.25, -0.2) is 18.4 Å². The molecular weight excluding hydrogens is 510 g/mol. The number of carbonyl (C=O) groups excluding carboxylic acids is 1. The molecule has 11 nitrogen and oxygen atoms in total. The molecule has 0 atom stereocenters. The average molecular weight is 532 g/mol. The van der Waals surface area contributed by atoms with Crippen molar-refractivity contribution < 1.29 is 23.1 Å². The molecule has 0 aliphatic carbocycles. The molecule has 1 amide bonds. The fraction of sp³-hybridized carbons (Fsp3) is 0.0769. The number of aromatic nitrogens is 1. The number of sulfonamides is 1. The van der Waals surface area contributed by atoms with Gasteiger partial charge < -0.3 is 9.84 Å². The summed E-state index contributed by atoms with van der Waals surface area (Å²) in [6.45, 7) is 0. The number of carbonyl (C=O) groups is 1. The van der Waals surface area contributed by atoms with Crippen molar-refractivity contribution in [2.75, 3.05) is 11.8 Å². The van der Waals surface area contributed by atoms with E-state index in [1.165, 1.54) is 31.4 Å². The normalized spacial score (nSPS) is 11.3. The predicted molar refractivity (Wildman–Crippen MR) is 141 cm³/mol. The van der Waals surface area contributed by atoms with Crippen LogP contribution in [0.15, 0.2) is 87.6 Å². The smallest absolute Gasteiger partial charge is 0.265 e. The summed E-state index contributed by atoms with van der Waals surface area (Å²) in [5.41, 5.74) is 1.96. The molecule has 0 aliphatic heterocycles. The molecule has 0 unspecified atom stereocenters. The highest BCUT2D eigenvalue weighted by atomic mass is 32.2. The van der Waals surface area contributed by atoms with Crippen LogP contribution in [-0.4, -0.2) is 37.3 Å². The molecule has 0 spiro atoms. The topological polar surface area (TPSA) is 163 Å². The van der Waals surface area contributed by atoms with Gasteiger partial charge in [-0.3, -0.25) is 14.3 Å². The van der Waals surface area contributed by atoms with Crippen LogP contribution in [0.25, 0.3) is 16.5 Å². The van der Waals surface area contributed by atoms with Gasteiger partial charge in [0.1, 0.15) is 12.2 Å². The number of amides is 1. The summed E-state index contributed by atoms with van der Waals surface area (Å²) < 4.78 is 34.9. The number of nitrogens with zero attached hydrogens (tertiary/aromatic N) is 3. The molecule has 0 bridgehead atoms. The number of rotatable bonds is 8. The molecule has 0 radical (unpaired) electrons. The zero-order valence-corrected chi connectivity index (χ0v) is 20.8. The first kappa shape index (κ1) is 25.9. The van der Waals surface area contributed by atoms with Crippen molar-refractivity contribution in [3.63, 3.8) is 0 Å². The number of hydrazone groups is 1. The maximum absolute atomic E-state index is 13.4. The third-order valence-electron chi connectivity index (χ3n) is 5.46. The maximum Gasteiger partial charge on any atom is 0.265 e. The fourth-order valence-electron chi connectivity index (χ4n) is 3.73. The molecule has 4 aromatic rings. The lowest BCUT2D eigenvalue weighted by molar-refractivity contribution is -0.120. The van der Waals surface area contributed by atoms with Crippen molar-refractivity contribution >= 4 is 38.6 Å². The zero-order valence-electron chi connectivity index (χ0n) is 20.0. The standard InChI is InChI=1S/C26H21N5O6S/c1-37-23-12-5-4-11-22(23)30-38(35,36)18-8-6-7-17(15-18)31-25(33)20-10-3-2-9-19(20)21(26(31)34)16-28-29-24(32)13-14-27/h2-12,15-16,30,34H,13H2,1H3,(H,29,32)/b28-16-. The van der Waals surface area contributed by atoms with E-state index in [0.717, 1.165) is 10.8 Å². The Kier molecular flexibility index (Phi) is 7.40. The molecule has 3 aromatic carbocycles. The van der Waals surface area contributed by atoms with Crippen LogP contribution >= 0.6 is 0 Å². The molecule has 4 rings (SSSR count). The number of hydrogen-bond donors (Lipinski definition) is 3. The highest BCUT2D eigenvalue weighted by Crippen LogP contribution is 2.29. The lowest BCUT2D eigenvalue weighted by atomic mass is 10.1. The van der Waals surface area contributed by atoms with Crippen molar-refractivity contribution in [3.05, 3.63) is 88.7 Å². The summed E-state index contributed by atoms with van der Waals surface area (Å²) in [6.07, 6.45) is 0.737. The van der Waals surface area contributed by atoms with E-state index in [1.54, 1.807) is 54.6 Å². The van der Waals surface area contributed by atoms with Gasteiger partial charge in [-0.2, -0.15) is 10.4 Å². The van der Waals surface area contributed by atoms with Gasteiger partial charge in [0.25, 0.3) is 21.5 Å². The van der Waals surface area contributed by atoms with Crippen LogP contribution in [0.2, 0.25) is 0 Å². The van der Waals surface area contributed by atoms with E-state index in [-0.39, 0.29) is 27.2 Å². The Morgan fingerprint density at radius 2 is 1.82 bits per heavy atom. The third-order valence-corrected chi connectivity index (χ3v) is 6.83. The largest absolute Gasteiger partial charge is 0.495 e. The molecule has 1 aromatic heterocycles. The maximum atomic E-state index is 13.4. The summed E-state index contributed by atoms with van der Waals surface area (Å²) in [5, 5.41) is 24.1. The number of anilines is 1. The molecule has 1 heterocycles. The number of ether oxygens (including phenoxy) is 1. The number of nitriles is 1. The van der Waals surface area contributed by atoms with Crippen molar-refractivity contribution in [1.29, 1.82) is 5.26 Å². The second kappa shape index (κ2) is 10.9. The molecule has 0 fully saturated rings. The van der Waals surface area contributed by atoms with Crippen LogP contribution in [0.5, 0.6) is 11.6 Å². The van der Waals surface area contributed by atoms with Crippen molar-refractivity contribution in [3.8, 4) is 23.4 Å². The molecule has 0 saturated heterocycles. The fourth-order valence-corrected chi connectivity index (χ4v) is 4.84. The van der Waals surface area contributed by atoms with Gasteiger partial charge in [0.05, 0.1) is 41.2 Å². The second-order valence-electron chi connectivity index (χ2n) is 7.85. The first-order valence-electron chi connectivity index (χ1n) is 11.1. The van der Waals surface area contributed by atoms with E-state index in [2.05, 4.69) is 15.2 Å². The highest BCUT2D eigenvalue weighted by Gasteiger charge is 2.20. The number of pyridine rings is 1. The van der Waals surface area contributed by atoms with Gasteiger partial charge in [0.2, 0.25) is 5.88 Å². The van der Waals surface area contributed by atoms with Gasteiger partial charge in [-0.05, 0) is 36.4 Å². The van der Waals surface area contributed by atoms with E-state index in [9.17, 15) is 23.1 Å². The Hall–Kier alpha value is -5.15. The Labute approximate surface area is 217 Å².